The molecule has 3 N–H and O–H groups in total. The molecule has 1 amide bonds. The van der Waals surface area contributed by atoms with Crippen molar-refractivity contribution in [3.8, 4) is 0 Å². The lowest BCUT2D eigenvalue weighted by Crippen LogP contribution is -2.31. The van der Waals surface area contributed by atoms with Crippen LogP contribution in [0.5, 0.6) is 0 Å². The Morgan fingerprint density at radius 3 is 3.20 bits per heavy atom. The number of aliphatic hydroxyl groups excluding tert-OH is 1. The van der Waals surface area contributed by atoms with Gasteiger partial charge in [-0.1, -0.05) is 11.3 Å². The third kappa shape index (κ3) is 1.95. The third-order valence-corrected chi connectivity index (χ3v) is 3.62. The molecule has 0 bridgehead atoms. The molecule has 1 aromatic rings. The molecule has 2 heterocycles. The molecule has 82 valence electrons. The van der Waals surface area contributed by atoms with Crippen molar-refractivity contribution in [3.63, 3.8) is 0 Å². The molecule has 0 aromatic carbocycles. The van der Waals surface area contributed by atoms with Crippen LogP contribution in [0.15, 0.2) is 6.20 Å². The van der Waals surface area contributed by atoms with E-state index in [9.17, 15) is 4.79 Å². The highest BCUT2D eigenvalue weighted by Crippen LogP contribution is 2.29. The summed E-state index contributed by atoms with van der Waals surface area (Å²) in [7, 11) is 0. The lowest BCUT2D eigenvalue weighted by Gasteiger charge is -2.21. The second-order valence-corrected chi connectivity index (χ2v) is 4.55. The van der Waals surface area contributed by atoms with Crippen molar-refractivity contribution in [1.82, 2.24) is 4.98 Å². The number of carbonyl (C=O) groups is 1. The Labute approximate surface area is 91.5 Å². The minimum absolute atomic E-state index is 0.130. The van der Waals surface area contributed by atoms with Gasteiger partial charge in [0.05, 0.1) is 18.8 Å². The Kier molecular flexibility index (Phi) is 2.88. The molecule has 1 fully saturated rings. The Bertz CT molecular complexity index is 366. The fourth-order valence-corrected chi connectivity index (χ4v) is 2.65. The van der Waals surface area contributed by atoms with Gasteiger partial charge < -0.3 is 15.7 Å². The second kappa shape index (κ2) is 4.16. The highest BCUT2D eigenvalue weighted by Gasteiger charge is 2.26. The summed E-state index contributed by atoms with van der Waals surface area (Å²) in [5, 5.41) is 9.94. The molecule has 1 atom stereocenters. The molecular weight excluding hydrogens is 214 g/mol. The van der Waals surface area contributed by atoms with Gasteiger partial charge in [0.2, 0.25) is 0 Å². The van der Waals surface area contributed by atoms with Crippen LogP contribution >= 0.6 is 11.3 Å². The van der Waals surface area contributed by atoms with Crippen molar-refractivity contribution < 1.29 is 9.90 Å². The molecule has 15 heavy (non-hydrogen) atoms. The SMILES string of the molecule is NC(=O)c1cnc(N2CCCC2CO)s1. The number of primary amides is 1. The zero-order chi connectivity index (χ0) is 10.8. The molecule has 0 aliphatic carbocycles. The Hall–Kier alpha value is -1.14. The zero-order valence-corrected chi connectivity index (χ0v) is 9.04. The topological polar surface area (TPSA) is 79.5 Å². The van der Waals surface area contributed by atoms with Crippen LogP contribution in [0.3, 0.4) is 0 Å². The van der Waals surface area contributed by atoms with Crippen molar-refractivity contribution in [2.45, 2.75) is 18.9 Å². The zero-order valence-electron chi connectivity index (χ0n) is 8.22. The quantitative estimate of drug-likeness (QED) is 0.773. The molecule has 0 saturated carbocycles. The predicted molar refractivity (Wildman–Crippen MR) is 58.1 cm³/mol. The van der Waals surface area contributed by atoms with Crippen LogP contribution < -0.4 is 10.6 Å². The van der Waals surface area contributed by atoms with Crippen LogP contribution in [0.25, 0.3) is 0 Å². The van der Waals surface area contributed by atoms with E-state index in [-0.39, 0.29) is 12.6 Å². The normalized spacial score (nSPS) is 20.9. The standard InChI is InChI=1S/C9H13N3O2S/c10-8(14)7-4-11-9(15-7)12-3-1-2-6(12)5-13/h4,6,13H,1-3,5H2,(H2,10,14). The fraction of sp³-hybridized carbons (Fsp3) is 0.556. The lowest BCUT2D eigenvalue weighted by atomic mass is 10.2. The molecule has 2 rings (SSSR count). The van der Waals surface area contributed by atoms with E-state index in [0.29, 0.717) is 4.88 Å². The largest absolute Gasteiger partial charge is 0.394 e. The maximum atomic E-state index is 10.9. The third-order valence-electron chi connectivity index (χ3n) is 2.57. The van der Waals surface area contributed by atoms with E-state index in [2.05, 4.69) is 4.98 Å². The van der Waals surface area contributed by atoms with E-state index in [1.54, 1.807) is 0 Å². The summed E-state index contributed by atoms with van der Waals surface area (Å²) < 4.78 is 0. The first kappa shape index (κ1) is 10.4. The summed E-state index contributed by atoms with van der Waals surface area (Å²) >= 11 is 1.29. The molecule has 6 heteroatoms. The molecule has 1 aliphatic heterocycles. The van der Waals surface area contributed by atoms with Gasteiger partial charge in [0.1, 0.15) is 4.88 Å². The molecule has 1 aromatic heterocycles. The van der Waals surface area contributed by atoms with Gasteiger partial charge in [-0.15, -0.1) is 0 Å². The summed E-state index contributed by atoms with van der Waals surface area (Å²) in [6.07, 6.45) is 3.52. The van der Waals surface area contributed by atoms with Gasteiger partial charge in [0, 0.05) is 6.54 Å². The number of rotatable bonds is 3. The van der Waals surface area contributed by atoms with Gasteiger partial charge >= 0.3 is 0 Å². The molecular formula is C9H13N3O2S. The highest BCUT2D eigenvalue weighted by atomic mass is 32.1. The summed E-state index contributed by atoms with van der Waals surface area (Å²) in [6.45, 7) is 1.02. The number of aliphatic hydroxyl groups is 1. The number of anilines is 1. The monoisotopic (exact) mass is 227 g/mol. The molecule has 5 nitrogen and oxygen atoms in total. The Morgan fingerprint density at radius 2 is 2.60 bits per heavy atom. The fourth-order valence-electron chi connectivity index (χ4n) is 1.79. The number of nitrogens with zero attached hydrogens (tertiary/aromatic N) is 2. The summed E-state index contributed by atoms with van der Waals surface area (Å²) in [5.41, 5.74) is 5.16. The van der Waals surface area contributed by atoms with E-state index in [4.69, 9.17) is 10.8 Å². The molecule has 0 radical (unpaired) electrons. The van der Waals surface area contributed by atoms with Crippen LogP contribution in [0.4, 0.5) is 5.13 Å². The first-order valence-corrected chi connectivity index (χ1v) is 5.67. The van der Waals surface area contributed by atoms with Gasteiger partial charge in [-0.2, -0.15) is 0 Å². The van der Waals surface area contributed by atoms with E-state index in [0.717, 1.165) is 24.5 Å². The van der Waals surface area contributed by atoms with Crippen LogP contribution in [0.2, 0.25) is 0 Å². The van der Waals surface area contributed by atoms with E-state index >= 15 is 0 Å². The van der Waals surface area contributed by atoms with Crippen LogP contribution in [-0.2, 0) is 0 Å². The highest BCUT2D eigenvalue weighted by molar-refractivity contribution is 7.17. The molecule has 1 aliphatic rings. The van der Waals surface area contributed by atoms with Crippen molar-refractivity contribution in [2.75, 3.05) is 18.1 Å². The number of amides is 1. The van der Waals surface area contributed by atoms with Gasteiger partial charge in [-0.3, -0.25) is 4.79 Å². The van der Waals surface area contributed by atoms with Crippen LogP contribution in [0.1, 0.15) is 22.5 Å². The average molecular weight is 227 g/mol. The van der Waals surface area contributed by atoms with Crippen molar-refractivity contribution in [2.24, 2.45) is 5.73 Å². The smallest absolute Gasteiger partial charge is 0.260 e. The maximum absolute atomic E-state index is 10.9. The maximum Gasteiger partial charge on any atom is 0.260 e. The summed E-state index contributed by atoms with van der Waals surface area (Å²) in [5.74, 6) is -0.446. The van der Waals surface area contributed by atoms with E-state index < -0.39 is 5.91 Å². The van der Waals surface area contributed by atoms with Gasteiger partial charge in [-0.05, 0) is 12.8 Å². The van der Waals surface area contributed by atoms with Gasteiger partial charge in [-0.25, -0.2) is 4.98 Å². The minimum Gasteiger partial charge on any atom is -0.394 e. The first-order chi connectivity index (χ1) is 7.22. The number of aromatic nitrogens is 1. The molecule has 1 unspecified atom stereocenters. The number of hydrogen-bond acceptors (Lipinski definition) is 5. The number of carbonyl (C=O) groups excluding carboxylic acids is 1. The lowest BCUT2D eigenvalue weighted by molar-refractivity contribution is 0.100. The van der Waals surface area contributed by atoms with Gasteiger partial charge in [0.15, 0.2) is 5.13 Å². The second-order valence-electron chi connectivity index (χ2n) is 3.54. The summed E-state index contributed by atoms with van der Waals surface area (Å²) in [4.78, 5) is 17.6. The van der Waals surface area contributed by atoms with E-state index in [1.165, 1.54) is 17.5 Å². The summed E-state index contributed by atoms with van der Waals surface area (Å²) in [6, 6.07) is 0.136. The Morgan fingerprint density at radius 1 is 1.80 bits per heavy atom. The molecule has 0 spiro atoms. The van der Waals surface area contributed by atoms with Crippen LogP contribution in [0, 0.1) is 0 Å². The average Bonchev–Trinajstić information content (AvgIpc) is 2.85. The number of thiazole rings is 1. The van der Waals surface area contributed by atoms with Crippen molar-refractivity contribution >= 4 is 22.4 Å². The predicted octanol–water partition coefficient (Wildman–Crippen LogP) is 0.203. The van der Waals surface area contributed by atoms with Crippen molar-refractivity contribution in [3.05, 3.63) is 11.1 Å². The van der Waals surface area contributed by atoms with Crippen molar-refractivity contribution in [1.29, 1.82) is 0 Å². The van der Waals surface area contributed by atoms with Gasteiger partial charge in [0.25, 0.3) is 5.91 Å². The first-order valence-electron chi connectivity index (χ1n) is 4.85. The minimum atomic E-state index is -0.446. The number of nitrogens with two attached hydrogens (primary N) is 1. The number of hydrogen-bond donors (Lipinski definition) is 2. The Balaban J connectivity index is 2.18. The van der Waals surface area contributed by atoms with Crippen LogP contribution in [-0.4, -0.2) is 35.2 Å². The van der Waals surface area contributed by atoms with E-state index in [1.807, 2.05) is 4.90 Å². The molecule has 1 saturated heterocycles.